The third-order valence-corrected chi connectivity index (χ3v) is 3.70. The van der Waals surface area contributed by atoms with Gasteiger partial charge in [0.2, 0.25) is 0 Å². The number of hydrogen-bond acceptors (Lipinski definition) is 1. The molecule has 3 heteroatoms. The maximum atomic E-state index is 5.31. The molecular formula is C16H34N2S. The van der Waals surface area contributed by atoms with Gasteiger partial charge in [0.25, 0.3) is 0 Å². The van der Waals surface area contributed by atoms with Crippen LogP contribution in [0.15, 0.2) is 0 Å². The van der Waals surface area contributed by atoms with Gasteiger partial charge in [0.05, 0.1) is 0 Å². The Morgan fingerprint density at radius 2 is 1.47 bits per heavy atom. The lowest BCUT2D eigenvalue weighted by atomic mass is 10.1. The highest BCUT2D eigenvalue weighted by molar-refractivity contribution is 7.80. The minimum absolute atomic E-state index is 0.496. The lowest BCUT2D eigenvalue weighted by Crippen LogP contribution is -2.40. The summed E-state index contributed by atoms with van der Waals surface area (Å²) in [5.74, 6) is 0. The highest BCUT2D eigenvalue weighted by Gasteiger charge is 2.02. The van der Waals surface area contributed by atoms with E-state index in [0.29, 0.717) is 6.04 Å². The van der Waals surface area contributed by atoms with Crippen molar-refractivity contribution in [3.63, 3.8) is 0 Å². The fourth-order valence-corrected chi connectivity index (χ4v) is 2.46. The Bertz CT molecular complexity index is 207. The van der Waals surface area contributed by atoms with Crippen LogP contribution in [0.5, 0.6) is 0 Å². The summed E-state index contributed by atoms with van der Waals surface area (Å²) < 4.78 is 0. The van der Waals surface area contributed by atoms with Crippen LogP contribution < -0.4 is 10.6 Å². The standard InChI is InChI=1S/C16H34N2S/c1-4-6-8-9-10-12-14-17-16(19)18-15(3)13-11-7-5-2/h15H,4-14H2,1-3H3,(H2,17,18,19). The molecule has 0 aliphatic rings. The van der Waals surface area contributed by atoms with E-state index in [4.69, 9.17) is 12.2 Å². The van der Waals surface area contributed by atoms with Gasteiger partial charge in [-0.25, -0.2) is 0 Å². The predicted molar refractivity (Wildman–Crippen MR) is 90.7 cm³/mol. The van der Waals surface area contributed by atoms with Crippen molar-refractivity contribution in [2.75, 3.05) is 6.54 Å². The summed E-state index contributed by atoms with van der Waals surface area (Å²) >= 11 is 5.31. The van der Waals surface area contributed by atoms with E-state index in [0.717, 1.165) is 11.7 Å². The third-order valence-electron chi connectivity index (χ3n) is 3.43. The van der Waals surface area contributed by atoms with Gasteiger partial charge in [-0.05, 0) is 32.0 Å². The van der Waals surface area contributed by atoms with Gasteiger partial charge in [0, 0.05) is 12.6 Å². The second kappa shape index (κ2) is 14.1. The van der Waals surface area contributed by atoms with Gasteiger partial charge in [0.15, 0.2) is 5.11 Å². The summed E-state index contributed by atoms with van der Waals surface area (Å²) in [7, 11) is 0. The summed E-state index contributed by atoms with van der Waals surface area (Å²) in [6, 6.07) is 0.496. The Kier molecular flexibility index (Phi) is 13.9. The molecule has 0 aromatic rings. The van der Waals surface area contributed by atoms with Gasteiger partial charge in [-0.3, -0.25) is 0 Å². The summed E-state index contributed by atoms with van der Waals surface area (Å²) in [6.07, 6.45) is 13.1. The van der Waals surface area contributed by atoms with Gasteiger partial charge in [-0.1, -0.05) is 65.2 Å². The lowest BCUT2D eigenvalue weighted by molar-refractivity contribution is 0.547. The van der Waals surface area contributed by atoms with Gasteiger partial charge in [-0.15, -0.1) is 0 Å². The molecule has 0 aromatic heterocycles. The monoisotopic (exact) mass is 286 g/mol. The van der Waals surface area contributed by atoms with Crippen molar-refractivity contribution in [2.45, 2.75) is 91.0 Å². The van der Waals surface area contributed by atoms with Gasteiger partial charge in [-0.2, -0.15) is 0 Å². The molecule has 0 heterocycles. The van der Waals surface area contributed by atoms with E-state index in [1.165, 1.54) is 64.2 Å². The SMILES string of the molecule is CCCCCCCCNC(=S)NC(C)CCCCC. The summed E-state index contributed by atoms with van der Waals surface area (Å²) in [5.41, 5.74) is 0. The molecule has 0 aliphatic heterocycles. The lowest BCUT2D eigenvalue weighted by Gasteiger charge is -2.16. The molecule has 2 nitrogen and oxygen atoms in total. The highest BCUT2D eigenvalue weighted by atomic mass is 32.1. The fourth-order valence-electron chi connectivity index (χ4n) is 2.15. The third kappa shape index (κ3) is 13.9. The molecule has 0 bridgehead atoms. The van der Waals surface area contributed by atoms with Crippen molar-refractivity contribution in [3.05, 3.63) is 0 Å². The van der Waals surface area contributed by atoms with Crippen molar-refractivity contribution in [3.8, 4) is 0 Å². The zero-order valence-electron chi connectivity index (χ0n) is 13.3. The zero-order chi connectivity index (χ0) is 14.3. The number of rotatable bonds is 12. The maximum Gasteiger partial charge on any atom is 0.166 e. The molecule has 1 unspecified atom stereocenters. The van der Waals surface area contributed by atoms with E-state index >= 15 is 0 Å². The molecule has 2 N–H and O–H groups in total. The normalized spacial score (nSPS) is 12.2. The molecule has 0 saturated carbocycles. The second-order valence-corrected chi connectivity index (χ2v) is 5.97. The van der Waals surface area contributed by atoms with Crippen molar-refractivity contribution in [1.82, 2.24) is 10.6 Å². The van der Waals surface area contributed by atoms with E-state index in [-0.39, 0.29) is 0 Å². The van der Waals surface area contributed by atoms with Gasteiger partial charge < -0.3 is 10.6 Å². The van der Waals surface area contributed by atoms with Crippen LogP contribution in [0.2, 0.25) is 0 Å². The second-order valence-electron chi connectivity index (χ2n) is 5.56. The molecule has 0 aromatic carbocycles. The smallest absolute Gasteiger partial charge is 0.166 e. The number of hydrogen-bond donors (Lipinski definition) is 2. The molecule has 114 valence electrons. The largest absolute Gasteiger partial charge is 0.363 e. The van der Waals surface area contributed by atoms with E-state index in [2.05, 4.69) is 31.4 Å². The van der Waals surface area contributed by atoms with E-state index in [1.807, 2.05) is 0 Å². The van der Waals surface area contributed by atoms with Crippen LogP contribution in [-0.4, -0.2) is 17.7 Å². The maximum absolute atomic E-state index is 5.31. The number of nitrogens with one attached hydrogen (secondary N) is 2. The van der Waals surface area contributed by atoms with Crippen molar-refractivity contribution in [2.24, 2.45) is 0 Å². The Hall–Kier alpha value is -0.310. The van der Waals surface area contributed by atoms with Crippen LogP contribution in [0.4, 0.5) is 0 Å². The molecule has 1 atom stereocenters. The first-order valence-corrected chi connectivity index (χ1v) is 8.65. The molecule has 0 fully saturated rings. The van der Waals surface area contributed by atoms with E-state index < -0.39 is 0 Å². The van der Waals surface area contributed by atoms with Crippen molar-refractivity contribution >= 4 is 17.3 Å². The first kappa shape index (κ1) is 18.7. The molecule has 0 radical (unpaired) electrons. The highest BCUT2D eigenvalue weighted by Crippen LogP contribution is 2.04. The van der Waals surface area contributed by atoms with Crippen molar-refractivity contribution in [1.29, 1.82) is 0 Å². The summed E-state index contributed by atoms with van der Waals surface area (Å²) in [4.78, 5) is 0. The molecule has 19 heavy (non-hydrogen) atoms. The predicted octanol–water partition coefficient (Wildman–Crippen LogP) is 4.78. The minimum Gasteiger partial charge on any atom is -0.363 e. The fraction of sp³-hybridized carbons (Fsp3) is 0.938. The summed E-state index contributed by atoms with van der Waals surface area (Å²) in [5, 5.41) is 7.52. The first-order valence-electron chi connectivity index (χ1n) is 8.25. The first-order chi connectivity index (χ1) is 9.20. The van der Waals surface area contributed by atoms with Gasteiger partial charge in [0.1, 0.15) is 0 Å². The molecule has 0 saturated heterocycles. The molecule has 0 rings (SSSR count). The molecular weight excluding hydrogens is 252 g/mol. The van der Waals surface area contributed by atoms with Crippen LogP contribution in [0, 0.1) is 0 Å². The Labute approximate surface area is 126 Å². The Balaban J connectivity index is 3.33. The van der Waals surface area contributed by atoms with E-state index in [1.54, 1.807) is 0 Å². The minimum atomic E-state index is 0.496. The average molecular weight is 287 g/mol. The topological polar surface area (TPSA) is 24.1 Å². The van der Waals surface area contributed by atoms with Gasteiger partial charge >= 0.3 is 0 Å². The van der Waals surface area contributed by atoms with Crippen LogP contribution in [-0.2, 0) is 0 Å². The summed E-state index contributed by atoms with van der Waals surface area (Å²) in [6.45, 7) is 7.73. The number of unbranched alkanes of at least 4 members (excludes halogenated alkanes) is 7. The zero-order valence-corrected chi connectivity index (χ0v) is 14.1. The van der Waals surface area contributed by atoms with Crippen LogP contribution >= 0.6 is 12.2 Å². The van der Waals surface area contributed by atoms with Crippen molar-refractivity contribution < 1.29 is 0 Å². The Morgan fingerprint density at radius 3 is 2.16 bits per heavy atom. The Morgan fingerprint density at radius 1 is 0.895 bits per heavy atom. The molecule has 0 aliphatic carbocycles. The van der Waals surface area contributed by atoms with Crippen LogP contribution in [0.25, 0.3) is 0 Å². The quantitative estimate of drug-likeness (QED) is 0.399. The van der Waals surface area contributed by atoms with E-state index in [9.17, 15) is 0 Å². The molecule has 0 amide bonds. The average Bonchev–Trinajstić information content (AvgIpc) is 2.38. The molecule has 0 spiro atoms. The number of thiocarbonyl (C=S) groups is 1. The van der Waals surface area contributed by atoms with Crippen LogP contribution in [0.1, 0.15) is 85.0 Å². The van der Waals surface area contributed by atoms with Crippen LogP contribution in [0.3, 0.4) is 0 Å².